The number of nitrogens with zero attached hydrogens (tertiary/aromatic N) is 3. The molecule has 36 heavy (non-hydrogen) atoms. The molecule has 3 aliphatic heterocycles. The van der Waals surface area contributed by atoms with Crippen LogP contribution in [-0.2, 0) is 4.74 Å². The van der Waals surface area contributed by atoms with Gasteiger partial charge in [-0.1, -0.05) is 25.7 Å². The number of anilines is 1. The molecule has 1 aromatic carbocycles. The number of hydrogen-bond acceptors (Lipinski definition) is 6. The molecule has 3 saturated heterocycles. The average Bonchev–Trinajstić information content (AvgIpc) is 3.19. The van der Waals surface area contributed by atoms with Gasteiger partial charge < -0.3 is 25.0 Å². The van der Waals surface area contributed by atoms with Crippen LogP contribution in [0, 0.1) is 0 Å². The Hall–Kier alpha value is -1.67. The van der Waals surface area contributed by atoms with Crippen LogP contribution in [0.4, 0.5) is 5.69 Å². The molecule has 1 aliphatic carbocycles. The quantitative estimate of drug-likeness (QED) is 0.587. The van der Waals surface area contributed by atoms with Gasteiger partial charge in [-0.2, -0.15) is 0 Å². The zero-order chi connectivity index (χ0) is 24.8. The molecular weight excluding hydrogens is 452 g/mol. The summed E-state index contributed by atoms with van der Waals surface area (Å²) < 4.78 is 5.67. The lowest BCUT2D eigenvalue weighted by Crippen LogP contribution is -2.59. The van der Waals surface area contributed by atoms with E-state index in [2.05, 4.69) is 27.2 Å². The molecule has 200 valence electrons. The topological polar surface area (TPSA) is 68.3 Å². The van der Waals surface area contributed by atoms with Gasteiger partial charge in [0.05, 0.1) is 19.3 Å². The molecule has 0 radical (unpaired) electrons. The number of benzene rings is 1. The van der Waals surface area contributed by atoms with Gasteiger partial charge in [-0.05, 0) is 62.8 Å². The van der Waals surface area contributed by atoms with E-state index >= 15 is 0 Å². The molecule has 7 nitrogen and oxygen atoms in total. The van der Waals surface area contributed by atoms with Gasteiger partial charge in [0.1, 0.15) is 0 Å². The summed E-state index contributed by atoms with van der Waals surface area (Å²) in [7, 11) is 0. The predicted octanol–water partition coefficient (Wildman–Crippen LogP) is 3.27. The molecule has 0 aromatic heterocycles. The van der Waals surface area contributed by atoms with Crippen molar-refractivity contribution in [3.8, 4) is 0 Å². The van der Waals surface area contributed by atoms with E-state index in [0.29, 0.717) is 18.1 Å². The first-order chi connectivity index (χ1) is 17.6. The van der Waals surface area contributed by atoms with Crippen LogP contribution < -0.4 is 10.2 Å². The highest BCUT2D eigenvalue weighted by Crippen LogP contribution is 2.33. The highest BCUT2D eigenvalue weighted by molar-refractivity contribution is 5.94. The average molecular weight is 499 g/mol. The minimum absolute atomic E-state index is 0.0379. The fourth-order valence-electron chi connectivity index (χ4n) is 6.84. The lowest BCUT2D eigenvalue weighted by molar-refractivity contribution is -0.0298. The van der Waals surface area contributed by atoms with Crippen LogP contribution in [-0.4, -0.2) is 97.5 Å². The molecule has 3 heterocycles. The zero-order valence-electron chi connectivity index (χ0n) is 22.0. The van der Waals surface area contributed by atoms with Crippen molar-refractivity contribution in [1.29, 1.82) is 0 Å². The van der Waals surface area contributed by atoms with Crippen molar-refractivity contribution >= 4 is 11.6 Å². The van der Waals surface area contributed by atoms with Crippen LogP contribution in [0.15, 0.2) is 24.3 Å². The number of piperidine rings is 2. The Morgan fingerprint density at radius 1 is 0.917 bits per heavy atom. The van der Waals surface area contributed by atoms with Crippen LogP contribution in [0.3, 0.4) is 0 Å². The van der Waals surface area contributed by atoms with Gasteiger partial charge in [0.15, 0.2) is 0 Å². The van der Waals surface area contributed by atoms with Gasteiger partial charge in [0.25, 0.3) is 5.91 Å². The number of amides is 1. The predicted molar refractivity (Wildman–Crippen MR) is 144 cm³/mol. The summed E-state index contributed by atoms with van der Waals surface area (Å²) in [5, 5.41) is 13.9. The second kappa shape index (κ2) is 12.2. The smallest absolute Gasteiger partial charge is 0.253 e. The van der Waals surface area contributed by atoms with Gasteiger partial charge in [0, 0.05) is 68.6 Å². The summed E-state index contributed by atoms with van der Waals surface area (Å²) in [6.45, 7) is 8.32. The molecule has 5 rings (SSSR count). The van der Waals surface area contributed by atoms with Crippen molar-refractivity contribution in [1.82, 2.24) is 15.1 Å². The summed E-state index contributed by atoms with van der Waals surface area (Å²) >= 11 is 0. The van der Waals surface area contributed by atoms with Crippen molar-refractivity contribution in [2.24, 2.45) is 0 Å². The normalized spacial score (nSPS) is 26.5. The maximum absolute atomic E-state index is 12.8. The summed E-state index contributed by atoms with van der Waals surface area (Å²) in [5.41, 5.74) is 2.24. The van der Waals surface area contributed by atoms with Crippen LogP contribution >= 0.6 is 0 Å². The Balaban J connectivity index is 1.12. The van der Waals surface area contributed by atoms with E-state index in [-0.39, 0.29) is 12.0 Å². The summed E-state index contributed by atoms with van der Waals surface area (Å²) in [6, 6.07) is 8.69. The molecule has 1 aromatic rings. The van der Waals surface area contributed by atoms with E-state index in [9.17, 15) is 9.90 Å². The third kappa shape index (κ3) is 6.24. The molecular formula is C29H46N4O3. The molecule has 4 aliphatic rings. The van der Waals surface area contributed by atoms with Gasteiger partial charge in [-0.15, -0.1) is 0 Å². The number of carbonyl (C=O) groups excluding carboxylic acids is 1. The number of β-amino-alcohol motifs (C(OH)–C–C–N with tert-alkyl or cyclic N) is 1. The minimum atomic E-state index is -0.386. The third-order valence-electron chi connectivity index (χ3n) is 9.09. The number of carbonyl (C=O) groups is 1. The monoisotopic (exact) mass is 498 g/mol. The van der Waals surface area contributed by atoms with Crippen LogP contribution in [0.5, 0.6) is 0 Å². The van der Waals surface area contributed by atoms with Crippen LogP contribution in [0.2, 0.25) is 0 Å². The van der Waals surface area contributed by atoms with Crippen molar-refractivity contribution in [3.63, 3.8) is 0 Å². The fourth-order valence-corrected chi connectivity index (χ4v) is 6.84. The van der Waals surface area contributed by atoms with Gasteiger partial charge >= 0.3 is 0 Å². The maximum atomic E-state index is 12.8. The number of rotatable bonds is 6. The standard InChI is InChI=1S/C29H46N4O3/c34-27-6-5-15-32(22-27)28(35)24-7-9-26(10-8-24)31-16-11-25(12-17-31)30-23-29(13-3-1-2-4-14-29)33-18-20-36-21-19-33/h7-10,25,27,30,34H,1-6,11-23H2. The molecule has 1 amide bonds. The zero-order valence-corrected chi connectivity index (χ0v) is 22.0. The molecule has 1 saturated carbocycles. The molecule has 2 N–H and O–H groups in total. The third-order valence-corrected chi connectivity index (χ3v) is 9.09. The summed E-state index contributed by atoms with van der Waals surface area (Å²) in [4.78, 5) is 19.8. The molecule has 1 atom stereocenters. The Labute approximate surface area is 217 Å². The maximum Gasteiger partial charge on any atom is 0.253 e. The van der Waals surface area contributed by atoms with E-state index in [1.165, 1.54) is 44.2 Å². The van der Waals surface area contributed by atoms with Gasteiger partial charge in [-0.3, -0.25) is 9.69 Å². The highest BCUT2D eigenvalue weighted by atomic mass is 16.5. The first kappa shape index (κ1) is 26.0. The van der Waals surface area contributed by atoms with Crippen molar-refractivity contribution in [2.75, 3.05) is 63.9 Å². The first-order valence-electron chi connectivity index (χ1n) is 14.5. The van der Waals surface area contributed by atoms with Crippen molar-refractivity contribution < 1.29 is 14.6 Å². The number of aliphatic hydroxyl groups excluding tert-OH is 1. The fraction of sp³-hybridized carbons (Fsp3) is 0.759. The number of aliphatic hydroxyl groups is 1. The molecule has 0 spiro atoms. The SMILES string of the molecule is O=C(c1ccc(N2CCC(NCC3(N4CCOCC4)CCCCCC3)CC2)cc1)N1CCCC(O)C1. The van der Waals surface area contributed by atoms with E-state index in [1.807, 2.05) is 12.1 Å². The highest BCUT2D eigenvalue weighted by Gasteiger charge is 2.38. The van der Waals surface area contributed by atoms with Gasteiger partial charge in [-0.25, -0.2) is 0 Å². The summed E-state index contributed by atoms with van der Waals surface area (Å²) in [5.74, 6) is 0.0379. The van der Waals surface area contributed by atoms with E-state index in [1.54, 1.807) is 4.90 Å². The van der Waals surface area contributed by atoms with E-state index in [0.717, 1.165) is 83.7 Å². The van der Waals surface area contributed by atoms with Crippen molar-refractivity contribution in [2.45, 2.75) is 81.9 Å². The summed E-state index contributed by atoms with van der Waals surface area (Å²) in [6.07, 6.45) is 11.7. The second-order valence-electron chi connectivity index (χ2n) is 11.5. The lowest BCUT2D eigenvalue weighted by atomic mass is 9.86. The molecule has 7 heteroatoms. The minimum Gasteiger partial charge on any atom is -0.391 e. The molecule has 1 unspecified atom stereocenters. The lowest BCUT2D eigenvalue weighted by Gasteiger charge is -2.47. The molecule has 4 fully saturated rings. The Bertz CT molecular complexity index is 825. The molecule has 0 bridgehead atoms. The Kier molecular flexibility index (Phi) is 8.83. The van der Waals surface area contributed by atoms with Gasteiger partial charge in [0.2, 0.25) is 0 Å². The van der Waals surface area contributed by atoms with Crippen molar-refractivity contribution in [3.05, 3.63) is 29.8 Å². The number of ether oxygens (including phenoxy) is 1. The van der Waals surface area contributed by atoms with Crippen LogP contribution in [0.1, 0.15) is 74.6 Å². The van der Waals surface area contributed by atoms with E-state index < -0.39 is 0 Å². The number of nitrogens with one attached hydrogen (secondary N) is 1. The first-order valence-corrected chi connectivity index (χ1v) is 14.5. The number of morpholine rings is 1. The van der Waals surface area contributed by atoms with E-state index in [4.69, 9.17) is 4.74 Å². The Morgan fingerprint density at radius 3 is 2.28 bits per heavy atom. The largest absolute Gasteiger partial charge is 0.391 e. The number of hydrogen-bond donors (Lipinski definition) is 2. The number of likely N-dealkylation sites (tertiary alicyclic amines) is 1. The second-order valence-corrected chi connectivity index (χ2v) is 11.5. The Morgan fingerprint density at radius 2 is 1.61 bits per heavy atom. The van der Waals surface area contributed by atoms with Crippen LogP contribution in [0.25, 0.3) is 0 Å².